The van der Waals surface area contributed by atoms with Crippen LogP contribution in [0.4, 0.5) is 4.39 Å². The van der Waals surface area contributed by atoms with Crippen molar-refractivity contribution in [2.45, 2.75) is 25.8 Å². The van der Waals surface area contributed by atoms with Crippen LogP contribution in [-0.4, -0.2) is 43.5 Å². The Kier molecular flexibility index (Phi) is 5.74. The molecule has 0 radical (unpaired) electrons. The molecule has 0 aliphatic carbocycles. The highest BCUT2D eigenvalue weighted by atomic mass is 35.5. The van der Waals surface area contributed by atoms with Crippen molar-refractivity contribution in [1.29, 1.82) is 0 Å². The van der Waals surface area contributed by atoms with Gasteiger partial charge < -0.3 is 10.6 Å². The first-order valence-electron chi connectivity index (χ1n) is 8.74. The number of benzene rings is 1. The van der Waals surface area contributed by atoms with Gasteiger partial charge in [-0.3, -0.25) is 9.69 Å². The number of rotatable bonds is 6. The van der Waals surface area contributed by atoms with Crippen molar-refractivity contribution < 1.29 is 9.18 Å². The van der Waals surface area contributed by atoms with Gasteiger partial charge in [0.25, 0.3) is 0 Å². The van der Waals surface area contributed by atoms with E-state index in [2.05, 4.69) is 15.5 Å². The summed E-state index contributed by atoms with van der Waals surface area (Å²) in [6.07, 6.45) is 2.20. The first-order chi connectivity index (χ1) is 11.6. The fourth-order valence-electron chi connectivity index (χ4n) is 3.53. The summed E-state index contributed by atoms with van der Waals surface area (Å²) >= 11 is 6.27. The number of nitrogens with one attached hydrogen (secondary N) is 2. The van der Waals surface area contributed by atoms with Crippen LogP contribution in [0.25, 0.3) is 0 Å². The molecule has 1 aromatic carbocycles. The lowest BCUT2D eigenvalue weighted by Gasteiger charge is -2.33. The van der Waals surface area contributed by atoms with Crippen LogP contribution in [0, 0.1) is 17.7 Å². The normalized spacial score (nSPS) is 21.3. The number of carbonyl (C=O) groups excluding carboxylic acids is 1. The molecule has 1 amide bonds. The van der Waals surface area contributed by atoms with Crippen LogP contribution in [0.5, 0.6) is 0 Å². The number of halogens is 2. The largest absolute Gasteiger partial charge is 0.354 e. The minimum absolute atomic E-state index is 0.0263. The van der Waals surface area contributed by atoms with Gasteiger partial charge in [0, 0.05) is 23.0 Å². The van der Waals surface area contributed by atoms with Gasteiger partial charge in [-0.15, -0.1) is 0 Å². The molecule has 0 aromatic heterocycles. The Morgan fingerprint density at radius 1 is 1.42 bits per heavy atom. The first kappa shape index (κ1) is 17.6. The molecule has 0 saturated carbocycles. The van der Waals surface area contributed by atoms with E-state index in [1.165, 1.54) is 6.07 Å². The second-order valence-electron chi connectivity index (χ2n) is 6.85. The summed E-state index contributed by atoms with van der Waals surface area (Å²) in [4.78, 5) is 14.6. The van der Waals surface area contributed by atoms with E-state index in [1.54, 1.807) is 12.1 Å². The van der Waals surface area contributed by atoms with Gasteiger partial charge in [0.2, 0.25) is 5.91 Å². The zero-order valence-electron chi connectivity index (χ0n) is 14.0. The molecule has 2 fully saturated rings. The molecule has 2 unspecified atom stereocenters. The van der Waals surface area contributed by atoms with E-state index >= 15 is 0 Å². The minimum Gasteiger partial charge on any atom is -0.354 e. The highest BCUT2D eigenvalue weighted by molar-refractivity contribution is 6.31. The zero-order chi connectivity index (χ0) is 17.1. The standard InChI is InChI=1S/C18H25ClFN3O/c1-12(13-9-21-10-13)18(24)22-11-16(23-7-2-3-8-23)17-14(19)5-4-6-15(17)20/h4-6,12-13,16,21H,2-3,7-11H2,1H3,(H,22,24). The van der Waals surface area contributed by atoms with E-state index in [4.69, 9.17) is 11.6 Å². The van der Waals surface area contributed by atoms with Crippen molar-refractivity contribution in [2.75, 3.05) is 32.7 Å². The average Bonchev–Trinajstić information content (AvgIpc) is 3.02. The number of hydrogen-bond donors (Lipinski definition) is 2. The quantitative estimate of drug-likeness (QED) is 0.826. The molecule has 2 N–H and O–H groups in total. The zero-order valence-corrected chi connectivity index (χ0v) is 14.8. The molecule has 132 valence electrons. The molecule has 2 saturated heterocycles. The van der Waals surface area contributed by atoms with Crippen molar-refractivity contribution in [3.8, 4) is 0 Å². The van der Waals surface area contributed by atoms with Crippen LogP contribution in [0.2, 0.25) is 5.02 Å². The van der Waals surface area contributed by atoms with E-state index in [0.717, 1.165) is 39.0 Å². The Bertz CT molecular complexity index is 567. The highest BCUT2D eigenvalue weighted by Gasteiger charge is 2.31. The molecule has 0 spiro atoms. The van der Waals surface area contributed by atoms with Crippen molar-refractivity contribution in [3.63, 3.8) is 0 Å². The van der Waals surface area contributed by atoms with Crippen molar-refractivity contribution >= 4 is 17.5 Å². The molecule has 2 aliphatic rings. The minimum atomic E-state index is -0.301. The van der Waals surface area contributed by atoms with Crippen LogP contribution in [0.15, 0.2) is 18.2 Å². The molecule has 3 rings (SSSR count). The number of nitrogens with zero attached hydrogens (tertiary/aromatic N) is 1. The molecule has 1 aromatic rings. The Morgan fingerprint density at radius 3 is 2.71 bits per heavy atom. The third-order valence-electron chi connectivity index (χ3n) is 5.32. The van der Waals surface area contributed by atoms with Gasteiger partial charge in [-0.25, -0.2) is 4.39 Å². The van der Waals surface area contributed by atoms with Gasteiger partial charge >= 0.3 is 0 Å². The number of amides is 1. The van der Waals surface area contributed by atoms with E-state index in [0.29, 0.717) is 23.0 Å². The number of likely N-dealkylation sites (tertiary alicyclic amines) is 1. The van der Waals surface area contributed by atoms with Crippen molar-refractivity contribution in [1.82, 2.24) is 15.5 Å². The molecule has 2 aliphatic heterocycles. The number of hydrogen-bond acceptors (Lipinski definition) is 3. The lowest BCUT2D eigenvalue weighted by atomic mass is 9.88. The van der Waals surface area contributed by atoms with Crippen LogP contribution < -0.4 is 10.6 Å². The Balaban J connectivity index is 1.72. The molecule has 2 heterocycles. The maximum Gasteiger partial charge on any atom is 0.223 e. The first-order valence-corrected chi connectivity index (χ1v) is 9.12. The van der Waals surface area contributed by atoms with Gasteiger partial charge in [0.1, 0.15) is 5.82 Å². The van der Waals surface area contributed by atoms with E-state index < -0.39 is 0 Å². The van der Waals surface area contributed by atoms with Crippen LogP contribution in [-0.2, 0) is 4.79 Å². The third kappa shape index (κ3) is 3.73. The van der Waals surface area contributed by atoms with Crippen LogP contribution >= 0.6 is 11.6 Å². The van der Waals surface area contributed by atoms with Crippen LogP contribution in [0.1, 0.15) is 31.4 Å². The van der Waals surface area contributed by atoms with Gasteiger partial charge in [-0.05, 0) is 57.1 Å². The van der Waals surface area contributed by atoms with Crippen molar-refractivity contribution in [3.05, 3.63) is 34.6 Å². The van der Waals surface area contributed by atoms with Gasteiger partial charge in [0.05, 0.1) is 6.04 Å². The smallest absolute Gasteiger partial charge is 0.223 e. The Labute approximate surface area is 147 Å². The number of carbonyl (C=O) groups is 1. The lowest BCUT2D eigenvalue weighted by Crippen LogP contribution is -2.50. The second-order valence-corrected chi connectivity index (χ2v) is 7.25. The van der Waals surface area contributed by atoms with E-state index in [1.807, 2.05) is 6.92 Å². The summed E-state index contributed by atoms with van der Waals surface area (Å²) in [6, 6.07) is 4.56. The third-order valence-corrected chi connectivity index (χ3v) is 5.65. The predicted octanol–water partition coefficient (Wildman–Crippen LogP) is 2.59. The fraction of sp³-hybridized carbons (Fsp3) is 0.611. The Hall–Kier alpha value is -1.17. The molecule has 4 nitrogen and oxygen atoms in total. The lowest BCUT2D eigenvalue weighted by molar-refractivity contribution is -0.126. The van der Waals surface area contributed by atoms with E-state index in [-0.39, 0.29) is 23.7 Å². The average molecular weight is 354 g/mol. The van der Waals surface area contributed by atoms with Crippen LogP contribution in [0.3, 0.4) is 0 Å². The highest BCUT2D eigenvalue weighted by Crippen LogP contribution is 2.32. The summed E-state index contributed by atoms with van der Waals surface area (Å²) in [5.74, 6) is 0.108. The predicted molar refractivity (Wildman–Crippen MR) is 93.5 cm³/mol. The molecular formula is C18H25ClFN3O. The molecule has 6 heteroatoms. The maximum atomic E-state index is 14.4. The van der Waals surface area contributed by atoms with Crippen molar-refractivity contribution in [2.24, 2.45) is 11.8 Å². The van der Waals surface area contributed by atoms with Gasteiger partial charge in [-0.2, -0.15) is 0 Å². The molecule has 24 heavy (non-hydrogen) atoms. The maximum absolute atomic E-state index is 14.4. The summed E-state index contributed by atoms with van der Waals surface area (Å²) in [5.41, 5.74) is 0.499. The Morgan fingerprint density at radius 2 is 2.12 bits per heavy atom. The van der Waals surface area contributed by atoms with Gasteiger partial charge in [0.15, 0.2) is 0 Å². The van der Waals surface area contributed by atoms with Gasteiger partial charge in [-0.1, -0.05) is 24.6 Å². The summed E-state index contributed by atoms with van der Waals surface area (Å²) in [7, 11) is 0. The summed E-state index contributed by atoms with van der Waals surface area (Å²) in [6.45, 7) is 5.96. The topological polar surface area (TPSA) is 44.4 Å². The summed E-state index contributed by atoms with van der Waals surface area (Å²) < 4.78 is 14.4. The molecule has 2 atom stereocenters. The SMILES string of the molecule is CC(C(=O)NCC(c1c(F)cccc1Cl)N1CCCC1)C1CNC1. The fourth-order valence-corrected chi connectivity index (χ4v) is 3.82. The summed E-state index contributed by atoms with van der Waals surface area (Å²) in [5, 5.41) is 6.65. The molecular weight excluding hydrogens is 329 g/mol. The van der Waals surface area contributed by atoms with E-state index in [9.17, 15) is 9.18 Å². The second kappa shape index (κ2) is 7.81. The molecule has 0 bridgehead atoms. The monoisotopic (exact) mass is 353 g/mol.